The van der Waals surface area contributed by atoms with E-state index in [0.29, 0.717) is 24.9 Å². The summed E-state index contributed by atoms with van der Waals surface area (Å²) in [4.78, 5) is 5.92. The molecule has 7 heteroatoms. The molecule has 3 atom stereocenters. The fourth-order valence-electron chi connectivity index (χ4n) is 3.49. The van der Waals surface area contributed by atoms with Crippen LogP contribution in [0, 0.1) is 29.1 Å². The van der Waals surface area contributed by atoms with Crippen molar-refractivity contribution in [2.75, 3.05) is 18.1 Å². The summed E-state index contributed by atoms with van der Waals surface area (Å²) in [7, 11) is 0. The summed E-state index contributed by atoms with van der Waals surface area (Å²) in [5.74, 6) is 1.05. The van der Waals surface area contributed by atoms with Crippen LogP contribution in [0.4, 0.5) is 19.0 Å². The number of pyridine rings is 1. The zero-order valence-corrected chi connectivity index (χ0v) is 13.0. The zero-order valence-electron chi connectivity index (χ0n) is 13.0. The molecule has 0 aromatic carbocycles. The summed E-state index contributed by atoms with van der Waals surface area (Å²) in [6, 6.07) is 3.40. The van der Waals surface area contributed by atoms with Crippen LogP contribution in [0.5, 0.6) is 5.75 Å². The lowest BCUT2D eigenvalue weighted by molar-refractivity contribution is -0.138. The van der Waals surface area contributed by atoms with Crippen LogP contribution in [0.3, 0.4) is 0 Å². The highest BCUT2D eigenvalue weighted by Gasteiger charge is 2.42. The Labute approximate surface area is 132 Å². The van der Waals surface area contributed by atoms with Crippen LogP contribution in [0.1, 0.15) is 25.8 Å². The molecule has 23 heavy (non-hydrogen) atoms. The molecule has 0 saturated carbocycles. The maximum Gasteiger partial charge on any atom is 0.418 e. The van der Waals surface area contributed by atoms with E-state index in [0.717, 1.165) is 18.7 Å². The van der Waals surface area contributed by atoms with Gasteiger partial charge in [0.25, 0.3) is 0 Å². The maximum atomic E-state index is 12.8. The van der Waals surface area contributed by atoms with E-state index in [1.54, 1.807) is 0 Å². The number of fused-ring (bicyclic) bond motifs is 3. The molecule has 3 heterocycles. The largest absolute Gasteiger partial charge is 0.488 e. The number of aromatic nitrogens is 1. The molecule has 0 aliphatic carbocycles. The van der Waals surface area contributed by atoms with Crippen LogP contribution < -0.4 is 9.64 Å². The summed E-state index contributed by atoms with van der Waals surface area (Å²) in [5, 5.41) is 9.42. The van der Waals surface area contributed by atoms with E-state index in [-0.39, 0.29) is 23.6 Å². The van der Waals surface area contributed by atoms with Gasteiger partial charge in [-0.25, -0.2) is 4.98 Å². The third kappa shape index (κ3) is 2.82. The first-order valence-corrected chi connectivity index (χ1v) is 7.67. The van der Waals surface area contributed by atoms with E-state index >= 15 is 0 Å². The van der Waals surface area contributed by atoms with Crippen molar-refractivity contribution in [2.24, 2.45) is 17.8 Å². The van der Waals surface area contributed by atoms with Crippen LogP contribution >= 0.6 is 0 Å². The van der Waals surface area contributed by atoms with Crippen molar-refractivity contribution in [3.05, 3.63) is 17.8 Å². The Balaban J connectivity index is 1.91. The Morgan fingerprint density at radius 2 is 2.17 bits per heavy atom. The van der Waals surface area contributed by atoms with Gasteiger partial charge in [-0.15, -0.1) is 0 Å². The average molecular weight is 325 g/mol. The number of nitriles is 1. The van der Waals surface area contributed by atoms with Gasteiger partial charge in [0.15, 0.2) is 11.6 Å². The fourth-order valence-corrected chi connectivity index (χ4v) is 3.49. The first-order chi connectivity index (χ1) is 10.8. The first-order valence-electron chi connectivity index (χ1n) is 7.67. The molecule has 2 aliphatic rings. The number of alkyl halides is 3. The van der Waals surface area contributed by atoms with Gasteiger partial charge < -0.3 is 9.64 Å². The highest BCUT2D eigenvalue weighted by atomic mass is 19.4. The minimum Gasteiger partial charge on any atom is -0.488 e. The van der Waals surface area contributed by atoms with Crippen LogP contribution in [0.25, 0.3) is 0 Å². The second-order valence-corrected chi connectivity index (χ2v) is 6.54. The topological polar surface area (TPSA) is 49.1 Å². The van der Waals surface area contributed by atoms with Crippen LogP contribution in [0.15, 0.2) is 12.3 Å². The minimum absolute atomic E-state index is 0.0590. The predicted octanol–water partition coefficient (Wildman–Crippen LogP) is 3.48. The monoisotopic (exact) mass is 325 g/mol. The number of ether oxygens (including phenoxy) is 1. The van der Waals surface area contributed by atoms with Crippen molar-refractivity contribution in [3.63, 3.8) is 0 Å². The highest BCUT2D eigenvalue weighted by molar-refractivity contribution is 5.57. The molecule has 1 fully saturated rings. The lowest BCUT2D eigenvalue weighted by Gasteiger charge is -2.46. The zero-order chi connectivity index (χ0) is 16.8. The lowest BCUT2D eigenvalue weighted by atomic mass is 9.76. The molecule has 3 rings (SSSR count). The Bertz CT molecular complexity index is 638. The summed E-state index contributed by atoms with van der Waals surface area (Å²) < 4.78 is 43.9. The van der Waals surface area contributed by atoms with E-state index in [1.807, 2.05) is 4.90 Å². The van der Waals surface area contributed by atoms with Crippen molar-refractivity contribution in [2.45, 2.75) is 32.5 Å². The molecule has 0 radical (unpaired) electrons. The van der Waals surface area contributed by atoms with Crippen molar-refractivity contribution in [3.8, 4) is 11.8 Å². The molecule has 0 N–H and O–H groups in total. The quantitative estimate of drug-likeness (QED) is 0.793. The van der Waals surface area contributed by atoms with Gasteiger partial charge in [0.2, 0.25) is 0 Å². The molecule has 0 spiro atoms. The van der Waals surface area contributed by atoms with E-state index < -0.39 is 11.7 Å². The van der Waals surface area contributed by atoms with Gasteiger partial charge in [0.1, 0.15) is 6.61 Å². The fraction of sp³-hybridized carbons (Fsp3) is 0.625. The van der Waals surface area contributed by atoms with Gasteiger partial charge >= 0.3 is 6.18 Å². The van der Waals surface area contributed by atoms with Gasteiger partial charge in [-0.3, -0.25) is 0 Å². The third-order valence-corrected chi connectivity index (χ3v) is 4.78. The van der Waals surface area contributed by atoms with E-state index in [2.05, 4.69) is 24.9 Å². The second-order valence-electron chi connectivity index (χ2n) is 6.54. The molecule has 0 bridgehead atoms. The predicted molar refractivity (Wildman–Crippen MR) is 77.9 cm³/mol. The third-order valence-electron chi connectivity index (χ3n) is 4.78. The van der Waals surface area contributed by atoms with E-state index in [4.69, 9.17) is 4.74 Å². The van der Waals surface area contributed by atoms with E-state index in [9.17, 15) is 18.4 Å². The van der Waals surface area contributed by atoms with Crippen LogP contribution in [-0.2, 0) is 6.18 Å². The molecule has 1 aromatic heterocycles. The standard InChI is InChI=1S/C16H18F3N3O/c1-9(2)13-4-12-8-23-14-3-11(16(17,18)19)6-21-15(14)22(12)7-10(13)5-20/h3,6,9-10,12-13H,4,7-8H2,1-2H3. The average Bonchev–Trinajstić information content (AvgIpc) is 2.51. The minimum atomic E-state index is -4.44. The van der Waals surface area contributed by atoms with Crippen LogP contribution in [0.2, 0.25) is 0 Å². The van der Waals surface area contributed by atoms with Gasteiger partial charge in [0.05, 0.1) is 23.6 Å². The molecular weight excluding hydrogens is 307 g/mol. The van der Waals surface area contributed by atoms with Crippen molar-refractivity contribution < 1.29 is 17.9 Å². The molecule has 1 saturated heterocycles. The first kappa shape index (κ1) is 15.9. The number of nitrogens with zero attached hydrogens (tertiary/aromatic N) is 3. The number of rotatable bonds is 1. The molecule has 3 unspecified atom stereocenters. The number of hydrogen-bond donors (Lipinski definition) is 0. The summed E-state index contributed by atoms with van der Waals surface area (Å²) in [5.41, 5.74) is -0.816. The molecule has 124 valence electrons. The summed E-state index contributed by atoms with van der Waals surface area (Å²) >= 11 is 0. The van der Waals surface area contributed by atoms with Gasteiger partial charge in [0, 0.05) is 12.7 Å². The number of piperidine rings is 1. The lowest BCUT2D eigenvalue weighted by Crippen LogP contribution is -2.53. The van der Waals surface area contributed by atoms with Crippen molar-refractivity contribution in [1.82, 2.24) is 4.98 Å². The van der Waals surface area contributed by atoms with Gasteiger partial charge in [-0.05, 0) is 24.3 Å². The highest BCUT2D eigenvalue weighted by Crippen LogP contribution is 2.42. The Hall–Kier alpha value is -1.97. The Kier molecular flexibility index (Phi) is 3.86. The molecule has 1 aromatic rings. The van der Waals surface area contributed by atoms with Gasteiger partial charge in [-0.2, -0.15) is 18.4 Å². The second kappa shape index (κ2) is 5.59. The Morgan fingerprint density at radius 1 is 1.43 bits per heavy atom. The van der Waals surface area contributed by atoms with E-state index in [1.165, 1.54) is 0 Å². The molecule has 0 amide bonds. The number of anilines is 1. The maximum absolute atomic E-state index is 12.8. The van der Waals surface area contributed by atoms with Crippen LogP contribution in [-0.4, -0.2) is 24.2 Å². The number of halogens is 3. The number of hydrogen-bond acceptors (Lipinski definition) is 4. The smallest absolute Gasteiger partial charge is 0.418 e. The Morgan fingerprint density at radius 3 is 2.78 bits per heavy atom. The van der Waals surface area contributed by atoms with Crippen molar-refractivity contribution in [1.29, 1.82) is 5.26 Å². The molecule has 4 nitrogen and oxygen atoms in total. The van der Waals surface area contributed by atoms with Gasteiger partial charge in [-0.1, -0.05) is 13.8 Å². The summed E-state index contributed by atoms with van der Waals surface area (Å²) in [6.07, 6.45) is -2.82. The molecular formula is C16H18F3N3O. The molecule has 2 aliphatic heterocycles. The SMILES string of the molecule is CC(C)C1CC2COc3cc(C(F)(F)F)cnc3N2CC1C#N. The normalized spacial score (nSPS) is 27.0. The van der Waals surface area contributed by atoms with Crippen molar-refractivity contribution >= 4 is 5.82 Å². The summed E-state index contributed by atoms with van der Waals surface area (Å²) in [6.45, 7) is 5.00.